The van der Waals surface area contributed by atoms with E-state index < -0.39 is 0 Å². The molecule has 0 saturated carbocycles. The molecular formula is C18H21ClN2OS. The number of thiophene rings is 1. The summed E-state index contributed by atoms with van der Waals surface area (Å²) in [6.45, 7) is 3.70. The van der Waals surface area contributed by atoms with Gasteiger partial charge >= 0.3 is 0 Å². The molecular weight excluding hydrogens is 328 g/mol. The van der Waals surface area contributed by atoms with Gasteiger partial charge in [0.1, 0.15) is 0 Å². The van der Waals surface area contributed by atoms with Crippen LogP contribution in [0, 0.1) is 6.92 Å². The van der Waals surface area contributed by atoms with E-state index in [0.717, 1.165) is 45.4 Å². The summed E-state index contributed by atoms with van der Waals surface area (Å²) in [6.07, 6.45) is 1.05. The molecule has 0 bridgehead atoms. The molecule has 1 aliphatic rings. The van der Waals surface area contributed by atoms with Crippen LogP contribution in [-0.2, 0) is 0 Å². The topological polar surface area (TPSA) is 23.6 Å². The monoisotopic (exact) mass is 348 g/mol. The van der Waals surface area contributed by atoms with Gasteiger partial charge < -0.3 is 9.80 Å². The third-order valence-electron chi connectivity index (χ3n) is 4.40. The number of carbonyl (C=O) groups excluding carboxylic acids is 1. The predicted octanol–water partition coefficient (Wildman–Crippen LogP) is 4.15. The Morgan fingerprint density at radius 3 is 2.78 bits per heavy atom. The number of benzene rings is 1. The average molecular weight is 349 g/mol. The second kappa shape index (κ2) is 6.63. The summed E-state index contributed by atoms with van der Waals surface area (Å²) in [4.78, 5) is 18.9. The van der Waals surface area contributed by atoms with Crippen molar-refractivity contribution < 1.29 is 4.79 Å². The molecule has 1 aromatic carbocycles. The minimum atomic E-state index is 0.149. The first-order valence-electron chi connectivity index (χ1n) is 7.78. The van der Waals surface area contributed by atoms with Gasteiger partial charge in [0.25, 0.3) is 5.91 Å². The Hall–Kier alpha value is -1.36. The first kappa shape index (κ1) is 16.5. The Kier molecular flexibility index (Phi) is 4.76. The molecule has 3 rings (SSSR count). The molecule has 0 unspecified atom stereocenters. The minimum absolute atomic E-state index is 0.149. The molecule has 0 radical (unpaired) electrons. The summed E-state index contributed by atoms with van der Waals surface area (Å²) in [7, 11) is 4.15. The van der Waals surface area contributed by atoms with E-state index in [-0.39, 0.29) is 5.91 Å². The molecule has 0 N–H and O–H groups in total. The molecule has 1 aromatic heterocycles. The quantitative estimate of drug-likeness (QED) is 0.831. The number of hydrogen-bond donors (Lipinski definition) is 0. The fraction of sp³-hybridized carbons (Fsp3) is 0.389. The Morgan fingerprint density at radius 2 is 2.13 bits per heavy atom. The van der Waals surface area contributed by atoms with Crippen molar-refractivity contribution in [3.63, 3.8) is 0 Å². The molecule has 122 valence electrons. The van der Waals surface area contributed by atoms with Crippen LogP contribution in [0.2, 0.25) is 5.02 Å². The number of hydrogen-bond acceptors (Lipinski definition) is 3. The molecule has 2 heterocycles. The van der Waals surface area contributed by atoms with E-state index in [9.17, 15) is 4.79 Å². The highest BCUT2D eigenvalue weighted by molar-refractivity contribution is 7.17. The van der Waals surface area contributed by atoms with Crippen molar-refractivity contribution in [1.82, 2.24) is 9.80 Å². The lowest BCUT2D eigenvalue weighted by Gasteiger charge is -2.20. The van der Waals surface area contributed by atoms with Crippen molar-refractivity contribution in [2.75, 3.05) is 27.2 Å². The van der Waals surface area contributed by atoms with E-state index in [1.807, 2.05) is 35.2 Å². The predicted molar refractivity (Wildman–Crippen MR) is 97.5 cm³/mol. The fourth-order valence-electron chi connectivity index (χ4n) is 3.01. The van der Waals surface area contributed by atoms with Crippen LogP contribution in [0.15, 0.2) is 30.3 Å². The smallest absolute Gasteiger partial charge is 0.264 e. The highest BCUT2D eigenvalue weighted by Gasteiger charge is 2.29. The number of aryl methyl sites for hydroxylation is 1. The van der Waals surface area contributed by atoms with Gasteiger partial charge in [0, 0.05) is 29.0 Å². The first-order valence-corrected chi connectivity index (χ1v) is 8.97. The van der Waals surface area contributed by atoms with Gasteiger partial charge in [-0.25, -0.2) is 0 Å². The average Bonchev–Trinajstić information content (AvgIpc) is 3.13. The van der Waals surface area contributed by atoms with Gasteiger partial charge in [-0.15, -0.1) is 11.3 Å². The maximum absolute atomic E-state index is 12.8. The lowest BCUT2D eigenvalue weighted by Crippen LogP contribution is -2.34. The first-order chi connectivity index (χ1) is 11.0. The third-order valence-corrected chi connectivity index (χ3v) is 5.91. The summed E-state index contributed by atoms with van der Waals surface area (Å²) in [5.41, 5.74) is 2.20. The number of nitrogens with zero attached hydrogens (tertiary/aromatic N) is 2. The largest absolute Gasteiger partial charge is 0.336 e. The Bertz CT molecular complexity index is 726. The third kappa shape index (κ3) is 3.44. The summed E-state index contributed by atoms with van der Waals surface area (Å²) in [6, 6.07) is 10.3. The molecule has 0 spiro atoms. The SMILES string of the molecule is Cc1cc(C(=O)N2CC[C@H](N(C)C)C2)sc1-c1cccc(Cl)c1. The summed E-state index contributed by atoms with van der Waals surface area (Å²) in [5, 5.41) is 0.719. The zero-order valence-electron chi connectivity index (χ0n) is 13.7. The van der Waals surface area contributed by atoms with Crippen LogP contribution in [0.4, 0.5) is 0 Å². The highest BCUT2D eigenvalue weighted by atomic mass is 35.5. The summed E-state index contributed by atoms with van der Waals surface area (Å²) in [5.74, 6) is 0.149. The van der Waals surface area contributed by atoms with E-state index in [4.69, 9.17) is 11.6 Å². The number of likely N-dealkylation sites (tertiary alicyclic amines) is 1. The van der Waals surface area contributed by atoms with Gasteiger partial charge in [0.05, 0.1) is 4.88 Å². The number of rotatable bonds is 3. The van der Waals surface area contributed by atoms with Crippen molar-refractivity contribution in [3.8, 4) is 10.4 Å². The van der Waals surface area contributed by atoms with Crippen molar-refractivity contribution in [2.24, 2.45) is 0 Å². The normalized spacial score (nSPS) is 18.0. The maximum Gasteiger partial charge on any atom is 0.264 e. The van der Waals surface area contributed by atoms with Crippen LogP contribution < -0.4 is 0 Å². The standard InChI is InChI=1S/C18H21ClN2OS/c1-12-9-16(18(22)21-8-7-15(11-21)20(2)3)23-17(12)13-5-4-6-14(19)10-13/h4-6,9-10,15H,7-8,11H2,1-3H3/t15-/m0/s1. The number of amides is 1. The summed E-state index contributed by atoms with van der Waals surface area (Å²) < 4.78 is 0. The van der Waals surface area contributed by atoms with Crippen molar-refractivity contribution >= 4 is 28.8 Å². The molecule has 1 amide bonds. The van der Waals surface area contributed by atoms with E-state index in [1.54, 1.807) is 11.3 Å². The molecule has 3 nitrogen and oxygen atoms in total. The van der Waals surface area contributed by atoms with Crippen LogP contribution in [0.25, 0.3) is 10.4 Å². The molecule has 23 heavy (non-hydrogen) atoms. The summed E-state index contributed by atoms with van der Waals surface area (Å²) >= 11 is 7.65. The number of halogens is 1. The Labute approximate surface area is 146 Å². The van der Waals surface area contributed by atoms with E-state index in [1.165, 1.54) is 0 Å². The highest BCUT2D eigenvalue weighted by Crippen LogP contribution is 2.34. The van der Waals surface area contributed by atoms with Crippen molar-refractivity contribution in [3.05, 3.63) is 45.8 Å². The fourth-order valence-corrected chi connectivity index (χ4v) is 4.33. The maximum atomic E-state index is 12.8. The van der Waals surface area contributed by atoms with Crippen LogP contribution in [0.1, 0.15) is 21.7 Å². The van der Waals surface area contributed by atoms with Crippen LogP contribution in [0.5, 0.6) is 0 Å². The van der Waals surface area contributed by atoms with Gasteiger partial charge in [-0.05, 0) is 56.8 Å². The van der Waals surface area contributed by atoms with Crippen molar-refractivity contribution in [2.45, 2.75) is 19.4 Å². The van der Waals surface area contributed by atoms with Gasteiger partial charge in [0.15, 0.2) is 0 Å². The lowest BCUT2D eigenvalue weighted by atomic mass is 10.1. The molecule has 1 atom stereocenters. The van der Waals surface area contributed by atoms with Crippen LogP contribution >= 0.6 is 22.9 Å². The van der Waals surface area contributed by atoms with Gasteiger partial charge in [-0.2, -0.15) is 0 Å². The van der Waals surface area contributed by atoms with E-state index in [0.29, 0.717) is 6.04 Å². The second-order valence-corrected chi connectivity index (χ2v) is 7.78. The molecule has 0 aliphatic carbocycles. The second-order valence-electron chi connectivity index (χ2n) is 6.29. The number of likely N-dealkylation sites (N-methyl/N-ethyl adjacent to an activating group) is 1. The molecule has 5 heteroatoms. The minimum Gasteiger partial charge on any atom is -0.336 e. The Morgan fingerprint density at radius 1 is 1.35 bits per heavy atom. The number of carbonyl (C=O) groups is 1. The van der Waals surface area contributed by atoms with Crippen LogP contribution in [0.3, 0.4) is 0 Å². The zero-order valence-corrected chi connectivity index (χ0v) is 15.2. The Balaban J connectivity index is 1.82. The zero-order chi connectivity index (χ0) is 16.6. The lowest BCUT2D eigenvalue weighted by molar-refractivity contribution is 0.0788. The molecule has 1 aliphatic heterocycles. The van der Waals surface area contributed by atoms with E-state index in [2.05, 4.69) is 25.9 Å². The molecule has 1 fully saturated rings. The van der Waals surface area contributed by atoms with E-state index >= 15 is 0 Å². The van der Waals surface area contributed by atoms with Crippen LogP contribution in [-0.4, -0.2) is 48.9 Å². The molecule has 1 saturated heterocycles. The van der Waals surface area contributed by atoms with Gasteiger partial charge in [0.2, 0.25) is 0 Å². The van der Waals surface area contributed by atoms with Gasteiger partial charge in [-0.3, -0.25) is 4.79 Å². The molecule has 2 aromatic rings. The van der Waals surface area contributed by atoms with Crippen molar-refractivity contribution in [1.29, 1.82) is 0 Å². The van der Waals surface area contributed by atoms with Gasteiger partial charge in [-0.1, -0.05) is 23.7 Å².